The number of nitro groups is 1. The molecular weight excluding hydrogens is 272 g/mol. The van der Waals surface area contributed by atoms with Gasteiger partial charge in [-0.1, -0.05) is 0 Å². The monoisotopic (exact) mass is 286 g/mol. The molecule has 0 aliphatic carbocycles. The molecule has 1 atom stereocenters. The van der Waals surface area contributed by atoms with E-state index >= 15 is 0 Å². The van der Waals surface area contributed by atoms with Crippen molar-refractivity contribution in [1.29, 1.82) is 0 Å². The molecule has 1 aromatic carbocycles. The fourth-order valence-corrected chi connectivity index (χ4v) is 1.90. The minimum atomic E-state index is -0.606. The van der Waals surface area contributed by atoms with Crippen LogP contribution in [0, 0.1) is 10.1 Å². The summed E-state index contributed by atoms with van der Waals surface area (Å²) in [7, 11) is 0. The lowest BCUT2D eigenvalue weighted by molar-refractivity contribution is -0.385. The number of hydrogen-bond donors (Lipinski definition) is 2. The van der Waals surface area contributed by atoms with Crippen molar-refractivity contribution < 1.29 is 9.72 Å². The van der Waals surface area contributed by atoms with E-state index in [-0.39, 0.29) is 17.3 Å². The normalized spacial score (nSPS) is 11.7. The van der Waals surface area contributed by atoms with Gasteiger partial charge in [-0.2, -0.15) is 0 Å². The van der Waals surface area contributed by atoms with Gasteiger partial charge in [-0.3, -0.25) is 19.9 Å². The highest BCUT2D eigenvalue weighted by atomic mass is 16.6. The third-order valence-corrected chi connectivity index (χ3v) is 3.02. The number of nitrogen functional groups attached to an aromatic ring is 1. The van der Waals surface area contributed by atoms with Gasteiger partial charge in [-0.05, 0) is 36.8 Å². The van der Waals surface area contributed by atoms with E-state index in [0.29, 0.717) is 5.69 Å². The molecule has 0 aliphatic rings. The molecule has 1 heterocycles. The number of amides is 1. The first-order valence-electron chi connectivity index (χ1n) is 6.23. The molecule has 1 unspecified atom stereocenters. The lowest BCUT2D eigenvalue weighted by atomic mass is 10.1. The first-order valence-corrected chi connectivity index (χ1v) is 6.23. The maximum atomic E-state index is 12.2. The van der Waals surface area contributed by atoms with Crippen LogP contribution in [0.5, 0.6) is 0 Å². The Morgan fingerprint density at radius 2 is 2.00 bits per heavy atom. The van der Waals surface area contributed by atoms with E-state index < -0.39 is 10.8 Å². The number of pyridine rings is 1. The lowest BCUT2D eigenvalue weighted by Gasteiger charge is -2.14. The first-order chi connectivity index (χ1) is 9.99. The SMILES string of the molecule is CC(NC(=O)c1cc(N)ccc1[N+](=O)[O-])c1ccncc1. The van der Waals surface area contributed by atoms with Crippen molar-refractivity contribution in [2.75, 3.05) is 5.73 Å². The van der Waals surface area contributed by atoms with Gasteiger partial charge in [-0.15, -0.1) is 0 Å². The van der Waals surface area contributed by atoms with Crippen LogP contribution in [0.1, 0.15) is 28.9 Å². The van der Waals surface area contributed by atoms with Gasteiger partial charge < -0.3 is 11.1 Å². The van der Waals surface area contributed by atoms with E-state index in [1.54, 1.807) is 31.5 Å². The number of carbonyl (C=O) groups is 1. The summed E-state index contributed by atoms with van der Waals surface area (Å²) < 4.78 is 0. The van der Waals surface area contributed by atoms with Crippen LogP contribution in [0.4, 0.5) is 11.4 Å². The molecule has 0 spiro atoms. The number of anilines is 1. The van der Waals surface area contributed by atoms with E-state index in [0.717, 1.165) is 5.56 Å². The molecule has 7 heteroatoms. The summed E-state index contributed by atoms with van der Waals surface area (Å²) in [5, 5.41) is 13.7. The van der Waals surface area contributed by atoms with Crippen molar-refractivity contribution in [3.63, 3.8) is 0 Å². The largest absolute Gasteiger partial charge is 0.399 e. The number of benzene rings is 1. The molecule has 0 radical (unpaired) electrons. The number of nitro benzene ring substituents is 1. The van der Waals surface area contributed by atoms with E-state index in [9.17, 15) is 14.9 Å². The second-order valence-corrected chi connectivity index (χ2v) is 4.51. The van der Waals surface area contributed by atoms with E-state index in [2.05, 4.69) is 10.3 Å². The third-order valence-electron chi connectivity index (χ3n) is 3.02. The van der Waals surface area contributed by atoms with Crippen molar-refractivity contribution >= 4 is 17.3 Å². The molecule has 0 saturated carbocycles. The topological polar surface area (TPSA) is 111 Å². The van der Waals surface area contributed by atoms with Crippen LogP contribution in [-0.2, 0) is 0 Å². The fraction of sp³-hybridized carbons (Fsp3) is 0.143. The summed E-state index contributed by atoms with van der Waals surface area (Å²) in [5.41, 5.74) is 6.41. The van der Waals surface area contributed by atoms with Gasteiger partial charge in [0.15, 0.2) is 0 Å². The smallest absolute Gasteiger partial charge is 0.282 e. The Labute approximate surface area is 121 Å². The molecule has 2 rings (SSSR count). The van der Waals surface area contributed by atoms with Crippen LogP contribution < -0.4 is 11.1 Å². The van der Waals surface area contributed by atoms with E-state index in [4.69, 9.17) is 5.73 Å². The average Bonchev–Trinajstić information content (AvgIpc) is 2.47. The molecule has 0 aliphatic heterocycles. The van der Waals surface area contributed by atoms with Crippen molar-refractivity contribution in [3.8, 4) is 0 Å². The van der Waals surface area contributed by atoms with Gasteiger partial charge in [0, 0.05) is 24.1 Å². The van der Waals surface area contributed by atoms with Crippen LogP contribution >= 0.6 is 0 Å². The molecule has 1 aromatic heterocycles. The molecule has 0 bridgehead atoms. The van der Waals surface area contributed by atoms with E-state index in [1.165, 1.54) is 18.2 Å². The zero-order valence-corrected chi connectivity index (χ0v) is 11.3. The minimum absolute atomic E-state index is 0.0547. The van der Waals surface area contributed by atoms with Gasteiger partial charge in [0.1, 0.15) is 5.56 Å². The van der Waals surface area contributed by atoms with Crippen molar-refractivity contribution in [3.05, 3.63) is 64.0 Å². The second kappa shape index (κ2) is 6.00. The number of nitrogens with zero attached hydrogens (tertiary/aromatic N) is 2. The highest BCUT2D eigenvalue weighted by Gasteiger charge is 2.21. The van der Waals surface area contributed by atoms with Crippen LogP contribution in [-0.4, -0.2) is 15.8 Å². The number of carbonyl (C=O) groups excluding carboxylic acids is 1. The van der Waals surface area contributed by atoms with Gasteiger partial charge in [-0.25, -0.2) is 0 Å². The second-order valence-electron chi connectivity index (χ2n) is 4.51. The Hall–Kier alpha value is -2.96. The van der Waals surface area contributed by atoms with Gasteiger partial charge >= 0.3 is 0 Å². The zero-order valence-electron chi connectivity index (χ0n) is 11.3. The first kappa shape index (κ1) is 14.4. The van der Waals surface area contributed by atoms with Gasteiger partial charge in [0.05, 0.1) is 11.0 Å². The quantitative estimate of drug-likeness (QED) is 0.507. The molecule has 7 nitrogen and oxygen atoms in total. The molecule has 3 N–H and O–H groups in total. The van der Waals surface area contributed by atoms with Gasteiger partial charge in [0.25, 0.3) is 11.6 Å². The Bertz CT molecular complexity index is 673. The van der Waals surface area contributed by atoms with E-state index in [1.807, 2.05) is 0 Å². The highest BCUT2D eigenvalue weighted by Crippen LogP contribution is 2.22. The lowest BCUT2D eigenvalue weighted by Crippen LogP contribution is -2.27. The van der Waals surface area contributed by atoms with Crippen LogP contribution in [0.2, 0.25) is 0 Å². The fourth-order valence-electron chi connectivity index (χ4n) is 1.90. The Kier molecular flexibility index (Phi) is 4.13. The highest BCUT2D eigenvalue weighted by molar-refractivity contribution is 5.99. The summed E-state index contributed by atoms with van der Waals surface area (Å²) in [6.07, 6.45) is 3.22. The number of nitrogens with two attached hydrogens (primary N) is 1. The maximum Gasteiger partial charge on any atom is 0.282 e. The molecule has 0 fully saturated rings. The Morgan fingerprint density at radius 1 is 1.33 bits per heavy atom. The number of aromatic nitrogens is 1. The van der Waals surface area contributed by atoms with Crippen molar-refractivity contribution in [2.45, 2.75) is 13.0 Å². The standard InChI is InChI=1S/C14H14N4O3/c1-9(10-4-6-16-7-5-10)17-14(19)12-8-11(15)2-3-13(12)18(20)21/h2-9H,15H2,1H3,(H,17,19). The summed E-state index contributed by atoms with van der Waals surface area (Å²) in [5.74, 6) is -0.543. The Balaban J connectivity index is 2.25. The molecule has 0 saturated heterocycles. The number of hydrogen-bond acceptors (Lipinski definition) is 5. The predicted octanol–water partition coefficient (Wildman–Crippen LogP) is 2.06. The molecule has 108 valence electrons. The average molecular weight is 286 g/mol. The number of rotatable bonds is 4. The van der Waals surface area contributed by atoms with Crippen molar-refractivity contribution in [1.82, 2.24) is 10.3 Å². The minimum Gasteiger partial charge on any atom is -0.399 e. The molecule has 2 aromatic rings. The summed E-state index contributed by atoms with van der Waals surface area (Å²) >= 11 is 0. The summed E-state index contributed by atoms with van der Waals surface area (Å²) in [6.45, 7) is 1.78. The predicted molar refractivity (Wildman–Crippen MR) is 77.6 cm³/mol. The Morgan fingerprint density at radius 3 is 2.62 bits per heavy atom. The van der Waals surface area contributed by atoms with Crippen molar-refractivity contribution in [2.24, 2.45) is 0 Å². The molecule has 21 heavy (non-hydrogen) atoms. The van der Waals surface area contributed by atoms with Gasteiger partial charge in [0.2, 0.25) is 0 Å². The maximum absolute atomic E-state index is 12.2. The van der Waals surface area contributed by atoms with Crippen LogP contribution in [0.15, 0.2) is 42.7 Å². The van der Waals surface area contributed by atoms with Crippen LogP contribution in [0.25, 0.3) is 0 Å². The summed E-state index contributed by atoms with van der Waals surface area (Å²) in [6, 6.07) is 7.13. The zero-order chi connectivity index (χ0) is 15.4. The molecular formula is C14H14N4O3. The number of nitrogens with one attached hydrogen (secondary N) is 1. The molecule has 1 amide bonds. The summed E-state index contributed by atoms with van der Waals surface area (Å²) in [4.78, 5) is 26.5. The van der Waals surface area contributed by atoms with Crippen LogP contribution in [0.3, 0.4) is 0 Å². The third kappa shape index (κ3) is 3.33.